The highest BCUT2D eigenvalue weighted by molar-refractivity contribution is 5.77. The van der Waals surface area contributed by atoms with Crippen molar-refractivity contribution in [2.45, 2.75) is 50.9 Å². The molecule has 1 amide bonds. The van der Waals surface area contributed by atoms with Gasteiger partial charge in [0.05, 0.1) is 18.2 Å². The minimum atomic E-state index is -0.320. The van der Waals surface area contributed by atoms with Gasteiger partial charge in [0.2, 0.25) is 5.91 Å². The fourth-order valence-electron chi connectivity index (χ4n) is 3.19. The molecule has 0 saturated carbocycles. The largest absolute Gasteiger partial charge is 0.375 e. The number of hydrogen-bond acceptors (Lipinski definition) is 3. The first-order valence-electron chi connectivity index (χ1n) is 8.72. The summed E-state index contributed by atoms with van der Waals surface area (Å²) < 4.78 is 19.0. The molecule has 132 valence electrons. The van der Waals surface area contributed by atoms with E-state index in [9.17, 15) is 9.18 Å². The Kier molecular flexibility index (Phi) is 5.76. The second-order valence-electron chi connectivity index (χ2n) is 6.52. The minimum Gasteiger partial charge on any atom is -0.375 e. The number of carbonyl (C=O) groups excluding carboxylic acids is 1. The van der Waals surface area contributed by atoms with E-state index in [1.54, 1.807) is 24.5 Å². The van der Waals surface area contributed by atoms with Crippen molar-refractivity contribution in [1.82, 2.24) is 10.3 Å². The summed E-state index contributed by atoms with van der Waals surface area (Å²) in [6.45, 7) is 2.06. The number of rotatable bonds is 6. The van der Waals surface area contributed by atoms with Gasteiger partial charge < -0.3 is 10.1 Å². The first-order chi connectivity index (χ1) is 12.1. The van der Waals surface area contributed by atoms with Crippen molar-refractivity contribution in [3.63, 3.8) is 0 Å². The third kappa shape index (κ3) is 4.86. The van der Waals surface area contributed by atoms with Gasteiger partial charge >= 0.3 is 0 Å². The summed E-state index contributed by atoms with van der Waals surface area (Å²) in [5, 5.41) is 3.06. The number of benzene rings is 1. The molecule has 5 heteroatoms. The lowest BCUT2D eigenvalue weighted by Gasteiger charge is -2.20. The van der Waals surface area contributed by atoms with Gasteiger partial charge in [0.25, 0.3) is 0 Å². The highest BCUT2D eigenvalue weighted by Crippen LogP contribution is 2.24. The van der Waals surface area contributed by atoms with Gasteiger partial charge in [-0.3, -0.25) is 9.78 Å². The molecule has 0 spiro atoms. The Bertz CT molecular complexity index is 691. The van der Waals surface area contributed by atoms with Gasteiger partial charge in [0, 0.05) is 18.8 Å². The van der Waals surface area contributed by atoms with E-state index in [1.165, 1.54) is 12.1 Å². The number of pyridine rings is 1. The van der Waals surface area contributed by atoms with Gasteiger partial charge in [-0.1, -0.05) is 12.1 Å². The molecular weight excluding hydrogens is 319 g/mol. The van der Waals surface area contributed by atoms with E-state index in [4.69, 9.17) is 4.74 Å². The molecule has 3 rings (SSSR count). The van der Waals surface area contributed by atoms with Crippen LogP contribution in [-0.2, 0) is 9.53 Å². The van der Waals surface area contributed by atoms with E-state index >= 15 is 0 Å². The highest BCUT2D eigenvalue weighted by atomic mass is 19.1. The van der Waals surface area contributed by atoms with Crippen LogP contribution in [0, 0.1) is 5.82 Å². The number of ether oxygens (including phenoxy) is 1. The Morgan fingerprint density at radius 2 is 1.88 bits per heavy atom. The SMILES string of the molecule is CC1CCC(CCC(=O)NC(c2ccncc2)c2ccc(F)cc2)O1. The average molecular weight is 342 g/mol. The normalized spacial score (nSPS) is 21.0. The van der Waals surface area contributed by atoms with Gasteiger partial charge in [-0.25, -0.2) is 4.39 Å². The van der Waals surface area contributed by atoms with Crippen molar-refractivity contribution in [1.29, 1.82) is 0 Å². The molecule has 1 saturated heterocycles. The smallest absolute Gasteiger partial charge is 0.220 e. The van der Waals surface area contributed by atoms with Gasteiger partial charge in [0.1, 0.15) is 5.82 Å². The maximum absolute atomic E-state index is 13.2. The zero-order valence-corrected chi connectivity index (χ0v) is 14.3. The van der Waals surface area contributed by atoms with E-state index < -0.39 is 0 Å². The predicted octanol–water partition coefficient (Wildman–Crippen LogP) is 3.77. The molecule has 4 nitrogen and oxygen atoms in total. The molecule has 2 aromatic rings. The lowest BCUT2D eigenvalue weighted by molar-refractivity contribution is -0.122. The molecule has 0 bridgehead atoms. The van der Waals surface area contributed by atoms with Gasteiger partial charge in [0.15, 0.2) is 0 Å². The van der Waals surface area contributed by atoms with E-state index in [2.05, 4.69) is 17.2 Å². The van der Waals surface area contributed by atoms with Crippen LogP contribution in [0.1, 0.15) is 49.8 Å². The van der Waals surface area contributed by atoms with Crippen molar-refractivity contribution < 1.29 is 13.9 Å². The van der Waals surface area contributed by atoms with Gasteiger partial charge in [-0.05, 0) is 61.6 Å². The van der Waals surface area contributed by atoms with E-state index in [-0.39, 0.29) is 30.0 Å². The lowest BCUT2D eigenvalue weighted by atomic mass is 9.99. The van der Waals surface area contributed by atoms with Crippen molar-refractivity contribution in [2.75, 3.05) is 0 Å². The van der Waals surface area contributed by atoms with Crippen LogP contribution in [0.3, 0.4) is 0 Å². The molecule has 2 heterocycles. The number of nitrogens with one attached hydrogen (secondary N) is 1. The highest BCUT2D eigenvalue weighted by Gasteiger charge is 2.23. The topological polar surface area (TPSA) is 51.2 Å². The monoisotopic (exact) mass is 342 g/mol. The summed E-state index contributed by atoms with van der Waals surface area (Å²) in [7, 11) is 0. The van der Waals surface area contributed by atoms with Gasteiger partial charge in [-0.15, -0.1) is 0 Å². The maximum Gasteiger partial charge on any atom is 0.220 e. The molecule has 1 aliphatic heterocycles. The van der Waals surface area contributed by atoms with Crippen molar-refractivity contribution in [3.8, 4) is 0 Å². The van der Waals surface area contributed by atoms with Crippen LogP contribution in [0.15, 0.2) is 48.8 Å². The number of hydrogen-bond donors (Lipinski definition) is 1. The van der Waals surface area contributed by atoms with Crippen LogP contribution in [0.5, 0.6) is 0 Å². The van der Waals surface area contributed by atoms with E-state index in [1.807, 2.05) is 12.1 Å². The molecule has 1 aromatic heterocycles. The summed E-state index contributed by atoms with van der Waals surface area (Å²) in [6.07, 6.45) is 7.05. The van der Waals surface area contributed by atoms with Crippen LogP contribution in [-0.4, -0.2) is 23.1 Å². The van der Waals surface area contributed by atoms with Crippen molar-refractivity contribution in [3.05, 3.63) is 65.7 Å². The third-order valence-electron chi connectivity index (χ3n) is 4.56. The Hall–Kier alpha value is -2.27. The Labute approximate surface area is 147 Å². The molecule has 1 aliphatic rings. The number of aromatic nitrogens is 1. The maximum atomic E-state index is 13.2. The number of amides is 1. The van der Waals surface area contributed by atoms with E-state index in [0.717, 1.165) is 30.4 Å². The Morgan fingerprint density at radius 3 is 2.52 bits per heavy atom. The second kappa shape index (κ2) is 8.21. The quantitative estimate of drug-likeness (QED) is 0.869. The predicted molar refractivity (Wildman–Crippen MR) is 93.4 cm³/mol. The van der Waals surface area contributed by atoms with Crippen LogP contribution in [0.25, 0.3) is 0 Å². The van der Waals surface area contributed by atoms with Gasteiger partial charge in [-0.2, -0.15) is 0 Å². The number of nitrogens with zero attached hydrogens (tertiary/aromatic N) is 1. The molecule has 1 fully saturated rings. The zero-order valence-electron chi connectivity index (χ0n) is 14.3. The Morgan fingerprint density at radius 1 is 1.20 bits per heavy atom. The first-order valence-corrected chi connectivity index (χ1v) is 8.72. The summed E-state index contributed by atoms with van der Waals surface area (Å²) in [4.78, 5) is 16.5. The molecule has 1 N–H and O–H groups in total. The zero-order chi connectivity index (χ0) is 17.6. The van der Waals surface area contributed by atoms with Crippen LogP contribution in [0.2, 0.25) is 0 Å². The minimum absolute atomic E-state index is 0.0331. The molecule has 25 heavy (non-hydrogen) atoms. The molecular formula is C20H23FN2O2. The molecule has 3 atom stereocenters. The number of carbonyl (C=O) groups is 1. The lowest BCUT2D eigenvalue weighted by Crippen LogP contribution is -2.30. The molecule has 0 radical (unpaired) electrons. The Balaban J connectivity index is 1.67. The third-order valence-corrected chi connectivity index (χ3v) is 4.56. The standard InChI is InChI=1S/C20H23FN2O2/c1-14-2-7-18(25-14)8-9-19(24)23-20(16-10-12-22-13-11-16)15-3-5-17(21)6-4-15/h3-6,10-14,18,20H,2,7-9H2,1H3,(H,23,24). The summed E-state index contributed by atoms with van der Waals surface area (Å²) in [5.41, 5.74) is 1.76. The molecule has 0 aliphatic carbocycles. The van der Waals surface area contributed by atoms with Crippen LogP contribution in [0.4, 0.5) is 4.39 Å². The number of halogens is 1. The fourth-order valence-corrected chi connectivity index (χ4v) is 3.19. The molecule has 3 unspecified atom stereocenters. The van der Waals surface area contributed by atoms with E-state index in [0.29, 0.717) is 6.42 Å². The van der Waals surface area contributed by atoms with Crippen molar-refractivity contribution >= 4 is 5.91 Å². The summed E-state index contributed by atoms with van der Waals surface area (Å²) >= 11 is 0. The second-order valence-corrected chi connectivity index (χ2v) is 6.52. The van der Waals surface area contributed by atoms with Crippen molar-refractivity contribution in [2.24, 2.45) is 0 Å². The van der Waals surface area contributed by atoms with Crippen LogP contribution >= 0.6 is 0 Å². The van der Waals surface area contributed by atoms with Crippen LogP contribution < -0.4 is 5.32 Å². The molecule has 1 aromatic carbocycles. The summed E-state index contributed by atoms with van der Waals surface area (Å²) in [6, 6.07) is 9.60. The first kappa shape index (κ1) is 17.5. The average Bonchev–Trinajstić information content (AvgIpc) is 3.05. The fraction of sp³-hybridized carbons (Fsp3) is 0.400. The summed E-state index contributed by atoms with van der Waals surface area (Å²) in [5.74, 6) is -0.328.